The Balaban J connectivity index is 1.56. The van der Waals surface area contributed by atoms with Gasteiger partial charge in [0.2, 0.25) is 5.91 Å². The van der Waals surface area contributed by atoms with E-state index < -0.39 is 6.04 Å². The molecule has 3 aromatic rings. The molecular formula is C25H30N4O2. The second-order valence-electron chi connectivity index (χ2n) is 8.43. The number of amides is 2. The monoisotopic (exact) mass is 418 g/mol. The number of aromatic nitrogens is 1. The van der Waals surface area contributed by atoms with Gasteiger partial charge in [-0.3, -0.25) is 9.59 Å². The summed E-state index contributed by atoms with van der Waals surface area (Å²) in [6, 6.07) is 17.0. The van der Waals surface area contributed by atoms with Crippen LogP contribution in [0.15, 0.2) is 60.8 Å². The van der Waals surface area contributed by atoms with Gasteiger partial charge >= 0.3 is 0 Å². The Morgan fingerprint density at radius 1 is 1.10 bits per heavy atom. The number of hydrogen-bond acceptors (Lipinski definition) is 3. The molecule has 2 aromatic carbocycles. The molecule has 1 atom stereocenters. The molecule has 2 amide bonds. The van der Waals surface area contributed by atoms with Crippen molar-refractivity contribution in [2.45, 2.75) is 31.8 Å². The number of benzene rings is 2. The second-order valence-corrected chi connectivity index (χ2v) is 8.43. The van der Waals surface area contributed by atoms with Gasteiger partial charge in [-0.1, -0.05) is 30.3 Å². The van der Waals surface area contributed by atoms with Gasteiger partial charge in [0, 0.05) is 48.8 Å². The molecule has 31 heavy (non-hydrogen) atoms. The first-order valence-corrected chi connectivity index (χ1v) is 10.9. The quantitative estimate of drug-likeness (QED) is 0.633. The molecule has 1 aromatic heterocycles. The van der Waals surface area contributed by atoms with Crippen LogP contribution in [-0.2, 0) is 16.1 Å². The molecule has 1 aliphatic heterocycles. The summed E-state index contributed by atoms with van der Waals surface area (Å²) >= 11 is 0. The fourth-order valence-corrected chi connectivity index (χ4v) is 4.20. The minimum atomic E-state index is -0.616. The SMILES string of the molecule is CN(C)CCn1ccc2cc(NC(=O)C(c3ccccc3)N3CCCCC3=O)ccc21. The predicted octanol–water partition coefficient (Wildman–Crippen LogP) is 3.90. The smallest absolute Gasteiger partial charge is 0.251 e. The number of nitrogens with one attached hydrogen (secondary N) is 1. The lowest BCUT2D eigenvalue weighted by Crippen LogP contribution is -2.43. The highest BCUT2D eigenvalue weighted by Gasteiger charge is 2.32. The molecule has 1 N–H and O–H groups in total. The molecule has 0 spiro atoms. The van der Waals surface area contributed by atoms with Crippen LogP contribution in [0.25, 0.3) is 10.9 Å². The second kappa shape index (κ2) is 9.35. The van der Waals surface area contributed by atoms with Gasteiger partial charge in [-0.05, 0) is 56.8 Å². The predicted molar refractivity (Wildman–Crippen MR) is 124 cm³/mol. The number of rotatable bonds is 7. The summed E-state index contributed by atoms with van der Waals surface area (Å²) in [5.74, 6) is -0.128. The van der Waals surface area contributed by atoms with Gasteiger partial charge in [-0.2, -0.15) is 0 Å². The van der Waals surface area contributed by atoms with Crippen molar-refractivity contribution in [2.24, 2.45) is 0 Å². The van der Waals surface area contributed by atoms with Crippen LogP contribution in [0.2, 0.25) is 0 Å². The molecule has 1 unspecified atom stereocenters. The fraction of sp³-hybridized carbons (Fsp3) is 0.360. The summed E-state index contributed by atoms with van der Waals surface area (Å²) in [6.07, 6.45) is 4.40. The molecular weight excluding hydrogens is 388 g/mol. The molecule has 1 fully saturated rings. The fourth-order valence-electron chi connectivity index (χ4n) is 4.20. The molecule has 6 nitrogen and oxygen atoms in total. The Labute approximate surface area is 183 Å². The molecule has 162 valence electrons. The van der Waals surface area contributed by atoms with E-state index in [1.165, 1.54) is 0 Å². The summed E-state index contributed by atoms with van der Waals surface area (Å²) < 4.78 is 2.22. The molecule has 6 heteroatoms. The zero-order valence-corrected chi connectivity index (χ0v) is 18.3. The molecule has 1 aliphatic rings. The minimum absolute atomic E-state index is 0.0451. The van der Waals surface area contributed by atoms with Gasteiger partial charge in [0.1, 0.15) is 6.04 Å². The molecule has 0 saturated carbocycles. The van der Waals surface area contributed by atoms with Crippen molar-refractivity contribution in [2.75, 3.05) is 32.5 Å². The Bertz CT molecular complexity index is 1060. The summed E-state index contributed by atoms with van der Waals surface area (Å²) in [5.41, 5.74) is 2.73. The number of fused-ring (bicyclic) bond motifs is 1. The van der Waals surface area contributed by atoms with Gasteiger partial charge in [-0.25, -0.2) is 0 Å². The Morgan fingerprint density at radius 3 is 2.65 bits per heavy atom. The summed E-state index contributed by atoms with van der Waals surface area (Å²) in [7, 11) is 4.13. The molecule has 0 aliphatic carbocycles. The van der Waals surface area contributed by atoms with E-state index in [1.807, 2.05) is 48.5 Å². The lowest BCUT2D eigenvalue weighted by Gasteiger charge is -2.34. The van der Waals surface area contributed by atoms with E-state index in [1.54, 1.807) is 4.90 Å². The first-order chi connectivity index (χ1) is 15.0. The third-order valence-electron chi connectivity index (χ3n) is 5.86. The van der Waals surface area contributed by atoms with E-state index in [0.29, 0.717) is 13.0 Å². The maximum absolute atomic E-state index is 13.4. The maximum Gasteiger partial charge on any atom is 0.251 e. The van der Waals surface area contributed by atoms with Crippen molar-refractivity contribution >= 4 is 28.4 Å². The van der Waals surface area contributed by atoms with Crippen molar-refractivity contribution in [1.82, 2.24) is 14.4 Å². The van der Waals surface area contributed by atoms with Crippen LogP contribution in [-0.4, -0.2) is 53.4 Å². The lowest BCUT2D eigenvalue weighted by atomic mass is 10.0. The van der Waals surface area contributed by atoms with Gasteiger partial charge in [-0.15, -0.1) is 0 Å². The van der Waals surface area contributed by atoms with E-state index in [2.05, 4.69) is 41.1 Å². The third-order valence-corrected chi connectivity index (χ3v) is 5.86. The third kappa shape index (κ3) is 4.80. The Morgan fingerprint density at radius 2 is 1.90 bits per heavy atom. The number of carbonyl (C=O) groups is 2. The topological polar surface area (TPSA) is 57.6 Å². The van der Waals surface area contributed by atoms with Crippen LogP contribution in [0, 0.1) is 0 Å². The Kier molecular flexibility index (Phi) is 6.37. The lowest BCUT2D eigenvalue weighted by molar-refractivity contribution is -0.141. The van der Waals surface area contributed by atoms with E-state index in [4.69, 9.17) is 0 Å². The van der Waals surface area contributed by atoms with E-state index in [-0.39, 0.29) is 11.8 Å². The van der Waals surface area contributed by atoms with Crippen LogP contribution in [0.3, 0.4) is 0 Å². The average Bonchev–Trinajstić information content (AvgIpc) is 3.17. The zero-order valence-electron chi connectivity index (χ0n) is 18.3. The number of piperidine rings is 1. The van der Waals surface area contributed by atoms with Crippen molar-refractivity contribution < 1.29 is 9.59 Å². The normalized spacial score (nSPS) is 15.5. The highest BCUT2D eigenvalue weighted by Crippen LogP contribution is 2.28. The number of hydrogen-bond donors (Lipinski definition) is 1. The minimum Gasteiger partial charge on any atom is -0.346 e. The summed E-state index contributed by atoms with van der Waals surface area (Å²) in [4.78, 5) is 29.8. The zero-order chi connectivity index (χ0) is 21.8. The van der Waals surface area contributed by atoms with E-state index in [9.17, 15) is 9.59 Å². The van der Waals surface area contributed by atoms with Crippen molar-refractivity contribution in [3.63, 3.8) is 0 Å². The van der Waals surface area contributed by atoms with Gasteiger partial charge < -0.3 is 19.7 Å². The van der Waals surface area contributed by atoms with E-state index >= 15 is 0 Å². The van der Waals surface area contributed by atoms with Gasteiger partial charge in [0.15, 0.2) is 0 Å². The first kappa shape index (κ1) is 21.1. The number of likely N-dealkylation sites (N-methyl/N-ethyl adjacent to an activating group) is 1. The van der Waals surface area contributed by atoms with Crippen molar-refractivity contribution in [3.8, 4) is 0 Å². The highest BCUT2D eigenvalue weighted by atomic mass is 16.2. The molecule has 0 radical (unpaired) electrons. The molecule has 1 saturated heterocycles. The maximum atomic E-state index is 13.4. The van der Waals surface area contributed by atoms with Crippen LogP contribution < -0.4 is 5.32 Å². The molecule has 0 bridgehead atoms. The molecule has 4 rings (SSSR count). The first-order valence-electron chi connectivity index (χ1n) is 10.9. The number of anilines is 1. The van der Waals surface area contributed by atoms with Crippen LogP contribution >= 0.6 is 0 Å². The van der Waals surface area contributed by atoms with E-state index in [0.717, 1.165) is 48.1 Å². The van der Waals surface area contributed by atoms with Crippen LogP contribution in [0.5, 0.6) is 0 Å². The number of likely N-dealkylation sites (tertiary alicyclic amines) is 1. The number of nitrogens with zero attached hydrogens (tertiary/aromatic N) is 3. The highest BCUT2D eigenvalue weighted by molar-refractivity contribution is 5.99. The van der Waals surface area contributed by atoms with Crippen LogP contribution in [0.1, 0.15) is 30.9 Å². The standard InChI is InChI=1S/C25H30N4O2/c1-27(2)16-17-28-15-13-20-18-21(11-12-22(20)28)26-25(31)24(19-8-4-3-5-9-19)29-14-7-6-10-23(29)30/h3-5,8-9,11-13,15,18,24H,6-7,10,14,16-17H2,1-2H3,(H,26,31). The van der Waals surface area contributed by atoms with Gasteiger partial charge in [0.25, 0.3) is 5.91 Å². The van der Waals surface area contributed by atoms with Crippen LogP contribution in [0.4, 0.5) is 5.69 Å². The van der Waals surface area contributed by atoms with Crippen molar-refractivity contribution in [1.29, 1.82) is 0 Å². The largest absolute Gasteiger partial charge is 0.346 e. The Hall–Kier alpha value is -3.12. The van der Waals surface area contributed by atoms with Crippen molar-refractivity contribution in [3.05, 3.63) is 66.4 Å². The summed E-state index contributed by atoms with van der Waals surface area (Å²) in [6.45, 7) is 2.49. The van der Waals surface area contributed by atoms with Gasteiger partial charge in [0.05, 0.1) is 0 Å². The average molecular weight is 419 g/mol. The number of carbonyl (C=O) groups excluding carboxylic acids is 2. The molecule has 2 heterocycles. The summed E-state index contributed by atoms with van der Waals surface area (Å²) in [5, 5.41) is 4.14.